The van der Waals surface area contributed by atoms with Crippen LogP contribution in [0.1, 0.15) is 35.9 Å². The fourth-order valence-electron chi connectivity index (χ4n) is 2.69. The Bertz CT molecular complexity index is 1030. The Balaban J connectivity index is 1.93. The lowest BCUT2D eigenvalue weighted by Crippen LogP contribution is -2.08. The zero-order valence-corrected chi connectivity index (χ0v) is 17.0. The molecule has 0 aliphatic heterocycles. The maximum absolute atomic E-state index is 11.5. The van der Waals surface area contributed by atoms with Gasteiger partial charge in [-0.05, 0) is 39.0 Å². The molecule has 3 rings (SSSR count). The molecule has 146 valence electrons. The SMILES string of the molecule is Cc1cc(Nc2cc(Nc3cc(Cl)ccc3C(=O)O)c(Cl)cn2)n(C(C)C)n1. The predicted molar refractivity (Wildman–Crippen MR) is 112 cm³/mol. The summed E-state index contributed by atoms with van der Waals surface area (Å²) in [4.78, 5) is 15.8. The number of pyridine rings is 1. The van der Waals surface area contributed by atoms with Gasteiger partial charge in [0, 0.05) is 23.2 Å². The van der Waals surface area contributed by atoms with E-state index in [1.165, 1.54) is 24.4 Å². The fourth-order valence-corrected chi connectivity index (χ4v) is 3.01. The van der Waals surface area contributed by atoms with Crippen LogP contribution in [-0.4, -0.2) is 25.8 Å². The van der Waals surface area contributed by atoms with Crippen molar-refractivity contribution < 1.29 is 9.90 Å². The Hall–Kier alpha value is -2.77. The van der Waals surface area contributed by atoms with E-state index in [4.69, 9.17) is 23.2 Å². The standard InChI is InChI=1S/C19H19Cl2N5O2/c1-10(2)26-18(6-11(3)25-26)24-17-8-16(14(21)9-22-17)23-15-7-12(20)4-5-13(15)19(27)28/h4-10H,1-3H3,(H,27,28)(H2,22,23,24). The van der Waals surface area contributed by atoms with Gasteiger partial charge >= 0.3 is 5.97 Å². The Morgan fingerprint density at radius 3 is 2.57 bits per heavy atom. The molecule has 3 aromatic rings. The Kier molecular flexibility index (Phi) is 5.76. The number of nitrogens with one attached hydrogen (secondary N) is 2. The molecule has 0 fully saturated rings. The summed E-state index contributed by atoms with van der Waals surface area (Å²) in [6.45, 7) is 5.98. The van der Waals surface area contributed by atoms with Crippen LogP contribution in [-0.2, 0) is 0 Å². The number of nitrogens with zero attached hydrogens (tertiary/aromatic N) is 3. The lowest BCUT2D eigenvalue weighted by molar-refractivity contribution is 0.0698. The van der Waals surface area contributed by atoms with Crippen molar-refractivity contribution >= 4 is 52.2 Å². The molecule has 3 N–H and O–H groups in total. The van der Waals surface area contributed by atoms with Crippen LogP contribution in [0.4, 0.5) is 23.0 Å². The highest BCUT2D eigenvalue weighted by molar-refractivity contribution is 6.33. The largest absolute Gasteiger partial charge is 0.478 e. The third-order valence-electron chi connectivity index (χ3n) is 3.94. The van der Waals surface area contributed by atoms with Crippen molar-refractivity contribution in [2.75, 3.05) is 10.6 Å². The first-order valence-electron chi connectivity index (χ1n) is 8.53. The van der Waals surface area contributed by atoms with E-state index < -0.39 is 5.97 Å². The molecule has 9 heteroatoms. The fraction of sp³-hybridized carbons (Fsp3) is 0.211. The molecular weight excluding hydrogens is 401 g/mol. The number of rotatable bonds is 6. The molecular formula is C19H19Cl2N5O2. The van der Waals surface area contributed by atoms with E-state index in [0.29, 0.717) is 27.2 Å². The summed E-state index contributed by atoms with van der Waals surface area (Å²) in [6.07, 6.45) is 1.49. The number of carboxylic acids is 1. The van der Waals surface area contributed by atoms with Crippen LogP contribution in [0, 0.1) is 6.92 Å². The van der Waals surface area contributed by atoms with Crippen molar-refractivity contribution in [3.8, 4) is 0 Å². The Labute approximate surface area is 172 Å². The molecule has 0 atom stereocenters. The van der Waals surface area contributed by atoms with Gasteiger partial charge in [0.1, 0.15) is 11.6 Å². The van der Waals surface area contributed by atoms with Crippen molar-refractivity contribution in [3.63, 3.8) is 0 Å². The van der Waals surface area contributed by atoms with E-state index in [2.05, 4.69) is 20.7 Å². The smallest absolute Gasteiger partial charge is 0.337 e. The first kappa shape index (κ1) is 20.0. The quantitative estimate of drug-likeness (QED) is 0.477. The van der Waals surface area contributed by atoms with E-state index in [1.807, 2.05) is 31.5 Å². The van der Waals surface area contributed by atoms with E-state index in [0.717, 1.165) is 11.5 Å². The number of aromatic carboxylic acids is 1. The molecule has 0 aliphatic rings. The maximum atomic E-state index is 11.5. The summed E-state index contributed by atoms with van der Waals surface area (Å²) in [6, 6.07) is 8.28. The topological polar surface area (TPSA) is 92.1 Å². The third-order valence-corrected chi connectivity index (χ3v) is 4.48. The minimum Gasteiger partial charge on any atom is -0.478 e. The summed E-state index contributed by atoms with van der Waals surface area (Å²) in [5.74, 6) is 0.258. The van der Waals surface area contributed by atoms with Gasteiger partial charge in [0.15, 0.2) is 0 Å². The van der Waals surface area contributed by atoms with Crippen molar-refractivity contribution in [3.05, 3.63) is 57.8 Å². The van der Waals surface area contributed by atoms with E-state index in [-0.39, 0.29) is 11.6 Å². The number of halogens is 2. The number of aromatic nitrogens is 3. The number of hydrogen-bond acceptors (Lipinski definition) is 5. The minimum absolute atomic E-state index is 0.0836. The van der Waals surface area contributed by atoms with E-state index in [1.54, 1.807) is 6.07 Å². The van der Waals surface area contributed by atoms with Crippen LogP contribution in [0.25, 0.3) is 0 Å². The molecule has 7 nitrogen and oxygen atoms in total. The normalized spacial score (nSPS) is 10.9. The van der Waals surface area contributed by atoms with E-state index >= 15 is 0 Å². The molecule has 0 spiro atoms. The number of hydrogen-bond donors (Lipinski definition) is 3. The molecule has 0 aliphatic carbocycles. The second-order valence-corrected chi connectivity index (χ2v) is 7.35. The molecule has 0 amide bonds. The van der Waals surface area contributed by atoms with Gasteiger partial charge in [0.05, 0.1) is 33.9 Å². The highest BCUT2D eigenvalue weighted by Crippen LogP contribution is 2.31. The summed E-state index contributed by atoms with van der Waals surface area (Å²) in [7, 11) is 0. The van der Waals surface area contributed by atoms with Crippen molar-refractivity contribution in [2.45, 2.75) is 26.8 Å². The molecule has 1 aromatic carbocycles. The molecule has 2 heterocycles. The second-order valence-electron chi connectivity index (χ2n) is 6.50. The average Bonchev–Trinajstić information content (AvgIpc) is 2.98. The van der Waals surface area contributed by atoms with Gasteiger partial charge in [-0.25, -0.2) is 14.5 Å². The molecule has 28 heavy (non-hydrogen) atoms. The maximum Gasteiger partial charge on any atom is 0.337 e. The van der Waals surface area contributed by atoms with Gasteiger partial charge in [0.25, 0.3) is 0 Å². The van der Waals surface area contributed by atoms with Gasteiger partial charge in [-0.3, -0.25) is 0 Å². The number of anilines is 4. The lowest BCUT2D eigenvalue weighted by atomic mass is 10.1. The Morgan fingerprint density at radius 2 is 1.89 bits per heavy atom. The molecule has 0 saturated carbocycles. The monoisotopic (exact) mass is 419 g/mol. The van der Waals surface area contributed by atoms with E-state index in [9.17, 15) is 9.90 Å². The van der Waals surface area contributed by atoms with Crippen LogP contribution in [0.15, 0.2) is 36.5 Å². The number of aryl methyl sites for hydroxylation is 1. The third kappa shape index (κ3) is 4.37. The van der Waals surface area contributed by atoms with Gasteiger partial charge in [-0.15, -0.1) is 0 Å². The first-order chi connectivity index (χ1) is 13.2. The highest BCUT2D eigenvalue weighted by atomic mass is 35.5. The van der Waals surface area contributed by atoms with Gasteiger partial charge in [-0.1, -0.05) is 23.2 Å². The second kappa shape index (κ2) is 8.08. The van der Waals surface area contributed by atoms with Crippen molar-refractivity contribution in [1.82, 2.24) is 14.8 Å². The summed E-state index contributed by atoms with van der Waals surface area (Å²) < 4.78 is 1.86. The zero-order chi connectivity index (χ0) is 20.4. The van der Waals surface area contributed by atoms with Crippen LogP contribution in [0.3, 0.4) is 0 Å². The molecule has 2 aromatic heterocycles. The van der Waals surface area contributed by atoms with Crippen molar-refractivity contribution in [1.29, 1.82) is 0 Å². The van der Waals surface area contributed by atoms with Crippen LogP contribution < -0.4 is 10.6 Å². The van der Waals surface area contributed by atoms with Crippen LogP contribution in [0.2, 0.25) is 10.0 Å². The summed E-state index contributed by atoms with van der Waals surface area (Å²) >= 11 is 12.3. The van der Waals surface area contributed by atoms with Crippen molar-refractivity contribution in [2.24, 2.45) is 0 Å². The average molecular weight is 420 g/mol. The number of carboxylic acid groups (broad SMARTS) is 1. The molecule has 0 bridgehead atoms. The van der Waals surface area contributed by atoms with Crippen LogP contribution in [0.5, 0.6) is 0 Å². The Morgan fingerprint density at radius 1 is 1.14 bits per heavy atom. The van der Waals surface area contributed by atoms with Gasteiger partial charge in [0.2, 0.25) is 0 Å². The summed E-state index contributed by atoms with van der Waals surface area (Å²) in [5.41, 5.74) is 1.80. The van der Waals surface area contributed by atoms with Crippen LogP contribution >= 0.6 is 23.2 Å². The molecule has 0 unspecified atom stereocenters. The number of carbonyl (C=O) groups is 1. The first-order valence-corrected chi connectivity index (χ1v) is 9.28. The lowest BCUT2D eigenvalue weighted by Gasteiger charge is -2.15. The molecule has 0 radical (unpaired) electrons. The molecule has 0 saturated heterocycles. The predicted octanol–water partition coefficient (Wildman–Crippen LogP) is 5.66. The minimum atomic E-state index is -1.07. The van der Waals surface area contributed by atoms with Gasteiger partial charge < -0.3 is 15.7 Å². The van der Waals surface area contributed by atoms with Gasteiger partial charge in [-0.2, -0.15) is 5.10 Å². The zero-order valence-electron chi connectivity index (χ0n) is 15.5. The summed E-state index contributed by atoms with van der Waals surface area (Å²) in [5, 5.41) is 20.9. The number of benzene rings is 1. The highest BCUT2D eigenvalue weighted by Gasteiger charge is 2.14.